The van der Waals surface area contributed by atoms with Gasteiger partial charge in [0.05, 0.1) is 0 Å². The molecule has 1 saturated heterocycles. The molecule has 1 atom stereocenters. The summed E-state index contributed by atoms with van der Waals surface area (Å²) in [6, 6.07) is 4.83. The van der Waals surface area contributed by atoms with Gasteiger partial charge in [0.25, 0.3) is 0 Å². The molecule has 3 N–H and O–H groups in total. The summed E-state index contributed by atoms with van der Waals surface area (Å²) in [6.45, 7) is 2.06. The van der Waals surface area contributed by atoms with E-state index >= 15 is 0 Å². The number of rotatable bonds is 2. The largest absolute Gasteiger partial charge is 0.330 e. The topological polar surface area (TPSA) is 58.4 Å². The number of urea groups is 1. The van der Waals surface area contributed by atoms with Crippen molar-refractivity contribution < 1.29 is 4.79 Å². The van der Waals surface area contributed by atoms with E-state index in [1.54, 1.807) is 23.1 Å². The van der Waals surface area contributed by atoms with E-state index in [2.05, 4.69) is 5.32 Å². The molecule has 0 bridgehead atoms. The summed E-state index contributed by atoms with van der Waals surface area (Å²) < 4.78 is 0. The Morgan fingerprint density at radius 2 is 2.06 bits per heavy atom. The number of anilines is 1. The third-order valence-electron chi connectivity index (χ3n) is 3.02. The summed E-state index contributed by atoms with van der Waals surface area (Å²) in [6.07, 6.45) is 0.959. The highest BCUT2D eigenvalue weighted by Gasteiger charge is 2.25. The van der Waals surface area contributed by atoms with Crippen molar-refractivity contribution in [2.45, 2.75) is 6.42 Å². The smallest absolute Gasteiger partial charge is 0.321 e. The van der Waals surface area contributed by atoms with Crippen LogP contribution in [-0.2, 0) is 0 Å². The second-order valence-corrected chi connectivity index (χ2v) is 5.30. The Labute approximate surface area is 116 Å². The lowest BCUT2D eigenvalue weighted by molar-refractivity contribution is 0.221. The van der Waals surface area contributed by atoms with Crippen molar-refractivity contribution in [3.63, 3.8) is 0 Å². The van der Waals surface area contributed by atoms with Gasteiger partial charge in [-0.05, 0) is 37.1 Å². The Morgan fingerprint density at radius 3 is 2.61 bits per heavy atom. The minimum atomic E-state index is -0.135. The highest BCUT2D eigenvalue weighted by molar-refractivity contribution is 6.35. The van der Waals surface area contributed by atoms with Crippen molar-refractivity contribution in [1.29, 1.82) is 0 Å². The second kappa shape index (κ2) is 5.78. The number of nitrogens with one attached hydrogen (secondary N) is 1. The molecule has 1 fully saturated rings. The van der Waals surface area contributed by atoms with E-state index in [-0.39, 0.29) is 6.03 Å². The zero-order valence-electron chi connectivity index (χ0n) is 9.83. The fraction of sp³-hybridized carbons (Fsp3) is 0.417. The summed E-state index contributed by atoms with van der Waals surface area (Å²) in [5.41, 5.74) is 6.20. The molecular weight excluding hydrogens is 273 g/mol. The molecule has 0 aliphatic carbocycles. The number of amides is 2. The Balaban J connectivity index is 1.99. The van der Waals surface area contributed by atoms with Crippen molar-refractivity contribution in [2.75, 3.05) is 25.0 Å². The fourth-order valence-corrected chi connectivity index (χ4v) is 2.56. The third-order valence-corrected chi connectivity index (χ3v) is 3.46. The molecule has 98 valence electrons. The lowest BCUT2D eigenvalue weighted by Gasteiger charge is -2.17. The van der Waals surface area contributed by atoms with E-state index in [4.69, 9.17) is 28.9 Å². The third kappa shape index (κ3) is 3.28. The lowest BCUT2D eigenvalue weighted by atomic mass is 10.1. The normalized spacial score (nSPS) is 19.1. The monoisotopic (exact) mass is 287 g/mol. The Kier molecular flexibility index (Phi) is 4.32. The minimum absolute atomic E-state index is 0.135. The molecule has 1 aromatic rings. The lowest BCUT2D eigenvalue weighted by Crippen LogP contribution is -2.33. The molecule has 0 spiro atoms. The summed E-state index contributed by atoms with van der Waals surface area (Å²) >= 11 is 11.7. The van der Waals surface area contributed by atoms with Crippen LogP contribution in [0, 0.1) is 5.92 Å². The van der Waals surface area contributed by atoms with Crippen LogP contribution >= 0.6 is 23.2 Å². The molecule has 1 heterocycles. The van der Waals surface area contributed by atoms with Crippen LogP contribution in [0.5, 0.6) is 0 Å². The number of halogens is 2. The molecule has 1 aliphatic heterocycles. The maximum Gasteiger partial charge on any atom is 0.321 e. The Hall–Kier alpha value is -0.970. The number of nitrogens with two attached hydrogens (primary N) is 1. The summed E-state index contributed by atoms with van der Waals surface area (Å²) in [5.74, 6) is 0.402. The molecule has 0 radical (unpaired) electrons. The quantitative estimate of drug-likeness (QED) is 0.879. The fourth-order valence-electron chi connectivity index (χ4n) is 2.04. The van der Waals surface area contributed by atoms with Crippen LogP contribution in [0.15, 0.2) is 18.2 Å². The van der Waals surface area contributed by atoms with Gasteiger partial charge < -0.3 is 16.0 Å². The number of carbonyl (C=O) groups excluding carboxylic acids is 1. The van der Waals surface area contributed by atoms with Gasteiger partial charge in [-0.2, -0.15) is 0 Å². The first-order valence-electron chi connectivity index (χ1n) is 5.80. The van der Waals surface area contributed by atoms with Crippen molar-refractivity contribution >= 4 is 34.9 Å². The standard InChI is InChI=1S/C12H15Cl2N3O/c13-9-3-10(14)5-11(4-9)16-12(18)17-2-1-8(6-15)7-17/h3-5,8H,1-2,6-7,15H2,(H,16,18). The molecule has 18 heavy (non-hydrogen) atoms. The first-order chi connectivity index (χ1) is 8.58. The Bertz CT molecular complexity index is 433. The summed E-state index contributed by atoms with van der Waals surface area (Å²) in [7, 11) is 0. The van der Waals surface area contributed by atoms with Crippen LogP contribution in [-0.4, -0.2) is 30.6 Å². The van der Waals surface area contributed by atoms with E-state index in [0.29, 0.717) is 34.7 Å². The van der Waals surface area contributed by atoms with Crippen molar-refractivity contribution in [1.82, 2.24) is 4.90 Å². The van der Waals surface area contributed by atoms with Crippen molar-refractivity contribution in [2.24, 2.45) is 11.7 Å². The van der Waals surface area contributed by atoms with Gasteiger partial charge in [-0.3, -0.25) is 0 Å². The highest BCUT2D eigenvalue weighted by Crippen LogP contribution is 2.23. The van der Waals surface area contributed by atoms with Crippen LogP contribution in [0.4, 0.5) is 10.5 Å². The molecule has 2 rings (SSSR count). The van der Waals surface area contributed by atoms with Gasteiger partial charge in [0, 0.05) is 28.8 Å². The average molecular weight is 288 g/mol. The number of hydrogen-bond acceptors (Lipinski definition) is 2. The van der Waals surface area contributed by atoms with E-state index < -0.39 is 0 Å². The SMILES string of the molecule is NCC1CCN(C(=O)Nc2cc(Cl)cc(Cl)c2)C1. The molecule has 0 aromatic heterocycles. The number of nitrogens with zero attached hydrogens (tertiary/aromatic N) is 1. The molecular formula is C12H15Cl2N3O. The number of likely N-dealkylation sites (tertiary alicyclic amines) is 1. The molecule has 2 amide bonds. The van der Waals surface area contributed by atoms with Gasteiger partial charge in [-0.1, -0.05) is 23.2 Å². The van der Waals surface area contributed by atoms with E-state index in [0.717, 1.165) is 13.0 Å². The molecule has 1 aromatic carbocycles. The van der Waals surface area contributed by atoms with Gasteiger partial charge in [0.15, 0.2) is 0 Å². The highest BCUT2D eigenvalue weighted by atomic mass is 35.5. The number of carbonyl (C=O) groups is 1. The predicted octanol–water partition coefficient (Wildman–Crippen LogP) is 2.81. The number of benzene rings is 1. The van der Waals surface area contributed by atoms with Crippen LogP contribution in [0.2, 0.25) is 10.0 Å². The first kappa shape index (κ1) is 13.5. The zero-order chi connectivity index (χ0) is 13.1. The van der Waals surface area contributed by atoms with E-state index in [1.165, 1.54) is 0 Å². The van der Waals surface area contributed by atoms with E-state index in [9.17, 15) is 4.79 Å². The predicted molar refractivity (Wildman–Crippen MR) is 74.2 cm³/mol. The van der Waals surface area contributed by atoms with Gasteiger partial charge in [0.1, 0.15) is 0 Å². The van der Waals surface area contributed by atoms with Crippen LogP contribution in [0.3, 0.4) is 0 Å². The van der Waals surface area contributed by atoms with Crippen LogP contribution < -0.4 is 11.1 Å². The van der Waals surface area contributed by atoms with Crippen LogP contribution in [0.1, 0.15) is 6.42 Å². The van der Waals surface area contributed by atoms with Gasteiger partial charge in [-0.25, -0.2) is 4.79 Å². The Morgan fingerprint density at radius 1 is 1.39 bits per heavy atom. The summed E-state index contributed by atoms with van der Waals surface area (Å²) in [4.78, 5) is 13.7. The second-order valence-electron chi connectivity index (χ2n) is 4.42. The maximum absolute atomic E-state index is 12.0. The van der Waals surface area contributed by atoms with Crippen molar-refractivity contribution in [3.05, 3.63) is 28.2 Å². The maximum atomic E-state index is 12.0. The minimum Gasteiger partial charge on any atom is -0.330 e. The van der Waals surface area contributed by atoms with Gasteiger partial charge in [0.2, 0.25) is 0 Å². The van der Waals surface area contributed by atoms with Gasteiger partial charge in [-0.15, -0.1) is 0 Å². The van der Waals surface area contributed by atoms with E-state index in [1.807, 2.05) is 0 Å². The molecule has 6 heteroatoms. The number of hydrogen-bond donors (Lipinski definition) is 2. The average Bonchev–Trinajstić information content (AvgIpc) is 2.75. The molecule has 1 aliphatic rings. The molecule has 0 saturated carbocycles. The first-order valence-corrected chi connectivity index (χ1v) is 6.56. The molecule has 1 unspecified atom stereocenters. The van der Waals surface area contributed by atoms with Crippen LogP contribution in [0.25, 0.3) is 0 Å². The van der Waals surface area contributed by atoms with Crippen molar-refractivity contribution in [3.8, 4) is 0 Å². The van der Waals surface area contributed by atoms with Gasteiger partial charge >= 0.3 is 6.03 Å². The molecule has 4 nitrogen and oxygen atoms in total. The summed E-state index contributed by atoms with van der Waals surface area (Å²) in [5, 5.41) is 3.79. The zero-order valence-corrected chi connectivity index (χ0v) is 11.3.